The van der Waals surface area contributed by atoms with E-state index in [1.807, 2.05) is 19.3 Å². The summed E-state index contributed by atoms with van der Waals surface area (Å²) >= 11 is 0. The molecule has 0 bridgehead atoms. The van der Waals surface area contributed by atoms with E-state index in [0.29, 0.717) is 6.04 Å². The molecule has 0 aliphatic carbocycles. The van der Waals surface area contributed by atoms with Crippen molar-refractivity contribution in [3.8, 4) is 5.69 Å². The highest BCUT2D eigenvalue weighted by Crippen LogP contribution is 2.40. The molecule has 4 heterocycles. The van der Waals surface area contributed by atoms with Gasteiger partial charge in [0.25, 0.3) is 0 Å². The normalized spacial score (nSPS) is 21.8. The van der Waals surface area contributed by atoms with Crippen molar-refractivity contribution in [2.24, 2.45) is 5.10 Å². The van der Waals surface area contributed by atoms with Crippen molar-refractivity contribution in [2.45, 2.75) is 52.1 Å². The summed E-state index contributed by atoms with van der Waals surface area (Å²) in [6.07, 6.45) is 4.71. The van der Waals surface area contributed by atoms with Crippen LogP contribution in [0.2, 0.25) is 0 Å². The molecule has 0 saturated heterocycles. The van der Waals surface area contributed by atoms with Gasteiger partial charge >= 0.3 is 0 Å². The standard InChI is InChI=1S/C16H22N8/c1-5-12-16-22-21-10(4)24(16)13-8-17-14(11-6-18-19-7-11)20-15(13)23(12)9(2)3/h6,8-9,11-12,19H,5,7H2,1-4H3/t11?,12-/m1/s1. The summed E-state index contributed by atoms with van der Waals surface area (Å²) in [6.45, 7) is 9.26. The van der Waals surface area contributed by atoms with Gasteiger partial charge in [0.15, 0.2) is 11.6 Å². The van der Waals surface area contributed by atoms with Gasteiger partial charge in [0, 0.05) is 18.8 Å². The summed E-state index contributed by atoms with van der Waals surface area (Å²) in [7, 11) is 0. The van der Waals surface area contributed by atoms with Gasteiger partial charge in [-0.05, 0) is 27.2 Å². The first-order chi connectivity index (χ1) is 11.6. The second kappa shape index (κ2) is 5.54. The lowest BCUT2D eigenvalue weighted by Gasteiger charge is -2.40. The molecule has 8 nitrogen and oxygen atoms in total. The van der Waals surface area contributed by atoms with Crippen molar-refractivity contribution in [1.29, 1.82) is 0 Å². The molecule has 0 fully saturated rings. The number of hydrazone groups is 1. The molecule has 2 aliphatic heterocycles. The van der Waals surface area contributed by atoms with Crippen LogP contribution in [0.4, 0.5) is 5.82 Å². The van der Waals surface area contributed by atoms with Crippen LogP contribution in [0.1, 0.15) is 56.6 Å². The fourth-order valence-corrected chi connectivity index (χ4v) is 3.56. The van der Waals surface area contributed by atoms with E-state index in [-0.39, 0.29) is 12.0 Å². The van der Waals surface area contributed by atoms with Crippen LogP contribution in [0.25, 0.3) is 5.69 Å². The summed E-state index contributed by atoms with van der Waals surface area (Å²) in [4.78, 5) is 11.9. The minimum atomic E-state index is 0.118. The van der Waals surface area contributed by atoms with Gasteiger partial charge in [-0.3, -0.25) is 4.57 Å². The highest BCUT2D eigenvalue weighted by Gasteiger charge is 2.36. The Balaban J connectivity index is 1.91. The fourth-order valence-electron chi connectivity index (χ4n) is 3.56. The maximum atomic E-state index is 4.92. The van der Waals surface area contributed by atoms with E-state index in [1.54, 1.807) is 0 Å². The Morgan fingerprint density at radius 2 is 2.17 bits per heavy atom. The van der Waals surface area contributed by atoms with Gasteiger partial charge in [-0.25, -0.2) is 9.97 Å². The number of rotatable bonds is 3. The van der Waals surface area contributed by atoms with Crippen molar-refractivity contribution < 1.29 is 0 Å². The Labute approximate surface area is 141 Å². The van der Waals surface area contributed by atoms with Gasteiger partial charge in [0.05, 0.1) is 18.2 Å². The molecule has 2 aliphatic rings. The maximum absolute atomic E-state index is 4.92. The van der Waals surface area contributed by atoms with E-state index in [0.717, 1.165) is 41.9 Å². The van der Waals surface area contributed by atoms with Crippen LogP contribution in [0.5, 0.6) is 0 Å². The van der Waals surface area contributed by atoms with E-state index in [4.69, 9.17) is 4.98 Å². The molecule has 126 valence electrons. The second-order valence-electron chi connectivity index (χ2n) is 6.55. The minimum absolute atomic E-state index is 0.118. The second-order valence-corrected chi connectivity index (χ2v) is 6.55. The zero-order valence-corrected chi connectivity index (χ0v) is 14.4. The first-order valence-electron chi connectivity index (χ1n) is 8.45. The van der Waals surface area contributed by atoms with Crippen LogP contribution in [0.3, 0.4) is 0 Å². The zero-order chi connectivity index (χ0) is 16.8. The quantitative estimate of drug-likeness (QED) is 0.924. The number of hydrogen-bond acceptors (Lipinski definition) is 7. The number of nitrogens with one attached hydrogen (secondary N) is 1. The summed E-state index contributed by atoms with van der Waals surface area (Å²) in [5.74, 6) is 3.72. The lowest BCUT2D eigenvalue weighted by molar-refractivity contribution is 0.494. The Hall–Kier alpha value is -2.51. The molecule has 24 heavy (non-hydrogen) atoms. The fraction of sp³-hybridized carbons (Fsp3) is 0.562. The lowest BCUT2D eigenvalue weighted by atomic mass is 10.1. The largest absolute Gasteiger partial charge is 0.342 e. The summed E-state index contributed by atoms with van der Waals surface area (Å²) in [5.41, 5.74) is 3.93. The Kier molecular flexibility index (Phi) is 3.47. The molecule has 2 aromatic heterocycles. The monoisotopic (exact) mass is 326 g/mol. The molecule has 0 radical (unpaired) electrons. The molecule has 0 amide bonds. The Morgan fingerprint density at radius 1 is 1.33 bits per heavy atom. The van der Waals surface area contributed by atoms with Crippen LogP contribution in [-0.2, 0) is 0 Å². The van der Waals surface area contributed by atoms with E-state index >= 15 is 0 Å². The van der Waals surface area contributed by atoms with Crippen molar-refractivity contribution >= 4 is 12.0 Å². The van der Waals surface area contributed by atoms with E-state index < -0.39 is 0 Å². The number of hydrogen-bond donors (Lipinski definition) is 1. The predicted molar refractivity (Wildman–Crippen MR) is 91.6 cm³/mol. The highest BCUT2D eigenvalue weighted by molar-refractivity contribution is 5.69. The molecule has 0 spiro atoms. The predicted octanol–water partition coefficient (Wildman–Crippen LogP) is 1.72. The first kappa shape index (κ1) is 15.0. The van der Waals surface area contributed by atoms with Crippen molar-refractivity contribution in [2.75, 3.05) is 11.4 Å². The molecule has 2 atom stereocenters. The van der Waals surface area contributed by atoms with E-state index in [2.05, 4.69) is 55.9 Å². The molecule has 2 aromatic rings. The molecule has 8 heteroatoms. The third-order valence-corrected chi connectivity index (χ3v) is 4.67. The third kappa shape index (κ3) is 2.09. The number of aryl methyl sites for hydroxylation is 1. The molecular weight excluding hydrogens is 304 g/mol. The van der Waals surface area contributed by atoms with Crippen LogP contribution >= 0.6 is 0 Å². The van der Waals surface area contributed by atoms with Crippen molar-refractivity contribution in [3.63, 3.8) is 0 Å². The van der Waals surface area contributed by atoms with E-state index in [1.165, 1.54) is 0 Å². The Morgan fingerprint density at radius 3 is 2.83 bits per heavy atom. The maximum Gasteiger partial charge on any atom is 0.160 e. The van der Waals surface area contributed by atoms with Crippen LogP contribution in [0, 0.1) is 6.92 Å². The number of anilines is 1. The van der Waals surface area contributed by atoms with Crippen molar-refractivity contribution in [1.82, 2.24) is 30.2 Å². The van der Waals surface area contributed by atoms with Crippen molar-refractivity contribution in [3.05, 3.63) is 23.7 Å². The molecule has 1 N–H and O–H groups in total. The van der Waals surface area contributed by atoms with Crippen LogP contribution in [0.15, 0.2) is 11.3 Å². The zero-order valence-electron chi connectivity index (χ0n) is 14.4. The van der Waals surface area contributed by atoms with Crippen LogP contribution < -0.4 is 10.3 Å². The SMILES string of the molecule is CC[C@@H]1c2nnc(C)n2-c2cnc(C3C=NNC3)nc2N1C(C)C. The van der Waals surface area contributed by atoms with Gasteiger partial charge in [0.1, 0.15) is 17.3 Å². The van der Waals surface area contributed by atoms with Gasteiger partial charge in [-0.1, -0.05) is 6.92 Å². The Bertz CT molecular complexity index is 793. The number of aromatic nitrogens is 5. The highest BCUT2D eigenvalue weighted by atomic mass is 15.4. The van der Waals surface area contributed by atoms with Gasteiger partial charge in [-0.2, -0.15) is 5.10 Å². The molecule has 0 aromatic carbocycles. The third-order valence-electron chi connectivity index (χ3n) is 4.67. The van der Waals surface area contributed by atoms with Gasteiger partial charge in [-0.15, -0.1) is 10.2 Å². The topological polar surface area (TPSA) is 84.1 Å². The van der Waals surface area contributed by atoms with E-state index in [9.17, 15) is 0 Å². The average Bonchev–Trinajstić information content (AvgIpc) is 3.23. The molecule has 4 rings (SSSR count). The van der Waals surface area contributed by atoms with Crippen LogP contribution in [-0.4, -0.2) is 43.5 Å². The average molecular weight is 326 g/mol. The van der Waals surface area contributed by atoms with Gasteiger partial charge in [0.2, 0.25) is 0 Å². The molecular formula is C16H22N8. The minimum Gasteiger partial charge on any atom is -0.342 e. The summed E-state index contributed by atoms with van der Waals surface area (Å²) in [5, 5.41) is 12.8. The lowest BCUT2D eigenvalue weighted by Crippen LogP contribution is -2.41. The first-order valence-corrected chi connectivity index (χ1v) is 8.45. The summed E-state index contributed by atoms with van der Waals surface area (Å²) < 4.78 is 2.09. The molecule has 1 unspecified atom stereocenters. The number of fused-ring (bicyclic) bond motifs is 3. The molecule has 0 saturated carbocycles. The number of nitrogens with zero attached hydrogens (tertiary/aromatic N) is 7. The smallest absolute Gasteiger partial charge is 0.160 e. The summed E-state index contributed by atoms with van der Waals surface area (Å²) in [6, 6.07) is 0.467. The van der Waals surface area contributed by atoms with Gasteiger partial charge < -0.3 is 10.3 Å².